The number of nitrogens with two attached hydrogens (primary N) is 1. The van der Waals surface area contributed by atoms with Gasteiger partial charge >= 0.3 is 0 Å². The summed E-state index contributed by atoms with van der Waals surface area (Å²) in [4.78, 5) is 0. The Hall–Kier alpha value is -0.120. The van der Waals surface area contributed by atoms with Gasteiger partial charge in [-0.2, -0.15) is 0 Å². The molecule has 0 aromatic carbocycles. The molecule has 0 saturated carbocycles. The van der Waals surface area contributed by atoms with Crippen LogP contribution in [-0.2, 0) is 0 Å². The van der Waals surface area contributed by atoms with E-state index in [1.165, 1.54) is 19.3 Å². The van der Waals surface area contributed by atoms with Crippen LogP contribution in [0.1, 0.15) is 19.3 Å². The van der Waals surface area contributed by atoms with Crippen molar-refractivity contribution in [3.8, 4) is 0 Å². The zero-order valence-electron chi connectivity index (χ0n) is 6.21. The van der Waals surface area contributed by atoms with Crippen molar-refractivity contribution in [2.45, 2.75) is 31.3 Å². The van der Waals surface area contributed by atoms with Crippen LogP contribution in [-0.4, -0.2) is 30.2 Å². The molecular weight excluding hydrogens is 126 g/mol. The molecule has 2 unspecified atom stereocenters. The van der Waals surface area contributed by atoms with Crippen LogP contribution < -0.4 is 11.2 Å². The maximum atomic E-state index is 5.81. The molecule has 3 aliphatic rings. The molecule has 0 aromatic rings. The number of piperidine rings is 1. The Morgan fingerprint density at radius 2 is 2.20 bits per heavy atom. The lowest BCUT2D eigenvalue weighted by atomic mass is 10.0. The average Bonchev–Trinajstić information content (AvgIpc) is 2.24. The van der Waals surface area contributed by atoms with Gasteiger partial charge in [0.2, 0.25) is 0 Å². The molecule has 2 bridgehead atoms. The van der Waals surface area contributed by atoms with E-state index in [0.717, 1.165) is 19.1 Å². The lowest BCUT2D eigenvalue weighted by molar-refractivity contribution is 0.201. The third-order valence-corrected chi connectivity index (χ3v) is 2.70. The van der Waals surface area contributed by atoms with Gasteiger partial charge in [-0.25, -0.2) is 5.01 Å². The maximum Gasteiger partial charge on any atom is 0.0366 e. The zero-order chi connectivity index (χ0) is 6.97. The van der Waals surface area contributed by atoms with E-state index in [4.69, 9.17) is 5.84 Å². The van der Waals surface area contributed by atoms with Gasteiger partial charge in [0.1, 0.15) is 0 Å². The SMILES string of the molecule is NN1CCC2CCC1CN2. The first-order chi connectivity index (χ1) is 4.86. The number of rotatable bonds is 0. The van der Waals surface area contributed by atoms with Crippen LogP contribution in [0.5, 0.6) is 0 Å². The Morgan fingerprint density at radius 1 is 1.30 bits per heavy atom. The normalized spacial score (nSPS) is 41.7. The van der Waals surface area contributed by atoms with Gasteiger partial charge in [0, 0.05) is 25.2 Å². The van der Waals surface area contributed by atoms with E-state index in [1.54, 1.807) is 0 Å². The number of hydrogen-bond donors (Lipinski definition) is 2. The van der Waals surface area contributed by atoms with E-state index in [0.29, 0.717) is 6.04 Å². The standard InChI is InChI=1S/C7H15N3/c8-10-4-3-6-1-2-7(10)5-9-6/h6-7,9H,1-5,8H2. The molecule has 3 rings (SSSR count). The van der Waals surface area contributed by atoms with E-state index in [1.807, 2.05) is 5.01 Å². The predicted molar refractivity (Wildman–Crippen MR) is 40.3 cm³/mol. The molecule has 3 fully saturated rings. The van der Waals surface area contributed by atoms with Crippen LogP contribution in [0, 0.1) is 0 Å². The van der Waals surface area contributed by atoms with Gasteiger partial charge in [0.05, 0.1) is 0 Å². The van der Waals surface area contributed by atoms with Gasteiger partial charge in [-0.3, -0.25) is 5.84 Å². The van der Waals surface area contributed by atoms with Crippen molar-refractivity contribution < 1.29 is 0 Å². The lowest BCUT2D eigenvalue weighted by Gasteiger charge is -2.27. The van der Waals surface area contributed by atoms with Crippen LogP contribution in [0.3, 0.4) is 0 Å². The fraction of sp³-hybridized carbons (Fsp3) is 1.00. The highest BCUT2D eigenvalue weighted by atomic mass is 15.4. The molecule has 3 heteroatoms. The monoisotopic (exact) mass is 141 g/mol. The number of hydrogen-bond acceptors (Lipinski definition) is 3. The second-order valence-electron chi connectivity index (χ2n) is 3.36. The van der Waals surface area contributed by atoms with Crippen molar-refractivity contribution in [3.63, 3.8) is 0 Å². The smallest absolute Gasteiger partial charge is 0.0366 e. The molecule has 2 atom stereocenters. The Morgan fingerprint density at radius 3 is 2.90 bits per heavy atom. The van der Waals surface area contributed by atoms with Gasteiger partial charge in [-0.1, -0.05) is 0 Å². The van der Waals surface area contributed by atoms with Crippen LogP contribution in [0.25, 0.3) is 0 Å². The maximum absolute atomic E-state index is 5.81. The molecule has 58 valence electrons. The van der Waals surface area contributed by atoms with Crippen molar-refractivity contribution in [2.75, 3.05) is 13.1 Å². The summed E-state index contributed by atoms with van der Waals surface area (Å²) >= 11 is 0. The van der Waals surface area contributed by atoms with Gasteiger partial charge in [-0.15, -0.1) is 0 Å². The molecule has 3 heterocycles. The number of nitrogens with zero attached hydrogens (tertiary/aromatic N) is 1. The first-order valence-corrected chi connectivity index (χ1v) is 4.11. The van der Waals surface area contributed by atoms with Crippen molar-refractivity contribution in [2.24, 2.45) is 5.84 Å². The van der Waals surface area contributed by atoms with Gasteiger partial charge in [0.15, 0.2) is 0 Å². The Balaban J connectivity index is 2.07. The quantitative estimate of drug-likeness (QED) is 0.454. The van der Waals surface area contributed by atoms with E-state index in [2.05, 4.69) is 5.32 Å². The Labute approximate surface area is 61.5 Å². The minimum absolute atomic E-state index is 0.610. The first-order valence-electron chi connectivity index (χ1n) is 4.11. The minimum atomic E-state index is 0.610. The van der Waals surface area contributed by atoms with Crippen molar-refractivity contribution >= 4 is 0 Å². The van der Waals surface area contributed by atoms with Crippen molar-refractivity contribution in [3.05, 3.63) is 0 Å². The number of hydrazine groups is 1. The zero-order valence-corrected chi connectivity index (χ0v) is 6.21. The highest BCUT2D eigenvalue weighted by molar-refractivity contribution is 4.86. The summed E-state index contributed by atoms with van der Waals surface area (Å²) in [6.45, 7) is 2.17. The summed E-state index contributed by atoms with van der Waals surface area (Å²) < 4.78 is 0. The number of fused-ring (bicyclic) bond motifs is 4. The summed E-state index contributed by atoms with van der Waals surface area (Å²) in [5, 5.41) is 5.49. The van der Waals surface area contributed by atoms with Crippen LogP contribution in [0.15, 0.2) is 0 Å². The van der Waals surface area contributed by atoms with Crippen LogP contribution >= 0.6 is 0 Å². The Kier molecular flexibility index (Phi) is 1.64. The molecule has 3 saturated heterocycles. The summed E-state index contributed by atoms with van der Waals surface area (Å²) in [7, 11) is 0. The predicted octanol–water partition coefficient (Wildman–Crippen LogP) is -0.314. The van der Waals surface area contributed by atoms with E-state index in [-0.39, 0.29) is 0 Å². The van der Waals surface area contributed by atoms with Crippen LogP contribution in [0.4, 0.5) is 0 Å². The molecule has 3 aliphatic heterocycles. The second-order valence-corrected chi connectivity index (χ2v) is 3.36. The van der Waals surface area contributed by atoms with E-state index >= 15 is 0 Å². The van der Waals surface area contributed by atoms with E-state index in [9.17, 15) is 0 Å². The largest absolute Gasteiger partial charge is 0.312 e. The summed E-state index contributed by atoms with van der Waals surface area (Å²) in [5.74, 6) is 5.81. The minimum Gasteiger partial charge on any atom is -0.312 e. The second kappa shape index (κ2) is 2.49. The summed E-state index contributed by atoms with van der Waals surface area (Å²) in [6.07, 6.45) is 3.83. The molecule has 3 N–H and O–H groups in total. The van der Waals surface area contributed by atoms with Gasteiger partial charge in [-0.05, 0) is 19.3 Å². The van der Waals surface area contributed by atoms with Crippen molar-refractivity contribution in [1.82, 2.24) is 10.3 Å². The molecule has 0 amide bonds. The highest BCUT2D eigenvalue weighted by Crippen LogP contribution is 2.18. The van der Waals surface area contributed by atoms with Gasteiger partial charge in [0.25, 0.3) is 0 Å². The molecule has 0 radical (unpaired) electrons. The lowest BCUT2D eigenvalue weighted by Crippen LogP contribution is -2.47. The number of nitrogens with one attached hydrogen (secondary N) is 1. The Bertz CT molecular complexity index is 118. The third kappa shape index (κ3) is 1.05. The highest BCUT2D eigenvalue weighted by Gasteiger charge is 2.27. The fourth-order valence-electron chi connectivity index (χ4n) is 1.92. The average molecular weight is 141 g/mol. The summed E-state index contributed by atoms with van der Waals surface area (Å²) in [6, 6.07) is 1.36. The third-order valence-electron chi connectivity index (χ3n) is 2.70. The fourth-order valence-corrected chi connectivity index (χ4v) is 1.92. The van der Waals surface area contributed by atoms with E-state index < -0.39 is 0 Å². The van der Waals surface area contributed by atoms with Crippen LogP contribution in [0.2, 0.25) is 0 Å². The summed E-state index contributed by atoms with van der Waals surface area (Å²) in [5.41, 5.74) is 0. The molecule has 0 aromatic heterocycles. The van der Waals surface area contributed by atoms with Crippen molar-refractivity contribution in [1.29, 1.82) is 0 Å². The molecule has 3 nitrogen and oxygen atoms in total. The molecule has 0 spiro atoms. The first kappa shape index (κ1) is 6.58. The molecule has 0 aliphatic carbocycles. The topological polar surface area (TPSA) is 41.3 Å². The molecule has 10 heavy (non-hydrogen) atoms. The molecular formula is C7H15N3. The van der Waals surface area contributed by atoms with Gasteiger partial charge < -0.3 is 5.32 Å².